The normalized spacial score (nSPS) is 13.6. The van der Waals surface area contributed by atoms with Crippen LogP contribution >= 0.6 is 0 Å². The van der Waals surface area contributed by atoms with Gasteiger partial charge in [-0.25, -0.2) is 9.37 Å². The average molecular weight is 390 g/mol. The second kappa shape index (κ2) is 8.84. The van der Waals surface area contributed by atoms with Gasteiger partial charge in [0, 0.05) is 38.1 Å². The van der Waals surface area contributed by atoms with Crippen LogP contribution in [0, 0.1) is 5.82 Å². The zero-order valence-electron chi connectivity index (χ0n) is 16.1. The minimum Gasteiger partial charge on any atom is -0.351 e. The summed E-state index contributed by atoms with van der Waals surface area (Å²) in [4.78, 5) is 19.3. The standard InChI is InChI=1S/C23H23FN4O/c24-19-7-3-8-20(15-19)27-22-21(9-4-11-25-22)23(29)26-12-14-28-13-10-17-5-1-2-6-18(17)16-28/h1-9,11,15H,10,12-14,16H2,(H,25,27)(H,26,29). The lowest BCUT2D eigenvalue weighted by Gasteiger charge is -2.28. The number of aromatic nitrogens is 1. The molecule has 2 heterocycles. The van der Waals surface area contributed by atoms with Crippen molar-refractivity contribution in [3.63, 3.8) is 0 Å². The van der Waals surface area contributed by atoms with Crippen LogP contribution in [0.15, 0.2) is 66.9 Å². The molecule has 148 valence electrons. The van der Waals surface area contributed by atoms with E-state index in [9.17, 15) is 9.18 Å². The Morgan fingerprint density at radius 3 is 2.79 bits per heavy atom. The third kappa shape index (κ3) is 4.78. The molecule has 2 aromatic carbocycles. The van der Waals surface area contributed by atoms with Crippen LogP contribution in [0.25, 0.3) is 0 Å². The van der Waals surface area contributed by atoms with Gasteiger partial charge in [0.05, 0.1) is 5.56 Å². The molecule has 6 heteroatoms. The number of hydrogen-bond acceptors (Lipinski definition) is 4. The topological polar surface area (TPSA) is 57.3 Å². The smallest absolute Gasteiger partial charge is 0.255 e. The molecule has 1 aromatic heterocycles. The molecule has 0 spiro atoms. The Kier molecular flexibility index (Phi) is 5.81. The number of pyridine rings is 1. The van der Waals surface area contributed by atoms with Gasteiger partial charge in [0.2, 0.25) is 0 Å². The molecule has 0 saturated carbocycles. The number of carbonyl (C=O) groups excluding carboxylic acids is 1. The predicted molar refractivity (Wildman–Crippen MR) is 112 cm³/mol. The first-order chi connectivity index (χ1) is 14.2. The summed E-state index contributed by atoms with van der Waals surface area (Å²) < 4.78 is 13.4. The molecule has 5 nitrogen and oxygen atoms in total. The minimum absolute atomic E-state index is 0.200. The number of benzene rings is 2. The van der Waals surface area contributed by atoms with E-state index in [0.717, 1.165) is 26.1 Å². The second-order valence-corrected chi connectivity index (χ2v) is 7.09. The number of halogens is 1. The number of nitrogens with one attached hydrogen (secondary N) is 2. The first-order valence-electron chi connectivity index (χ1n) is 9.74. The van der Waals surface area contributed by atoms with E-state index in [0.29, 0.717) is 23.6 Å². The number of hydrogen-bond donors (Lipinski definition) is 2. The van der Waals surface area contributed by atoms with Gasteiger partial charge < -0.3 is 10.6 Å². The third-order valence-electron chi connectivity index (χ3n) is 5.06. The molecule has 29 heavy (non-hydrogen) atoms. The van der Waals surface area contributed by atoms with Crippen molar-refractivity contribution in [1.82, 2.24) is 15.2 Å². The van der Waals surface area contributed by atoms with Crippen molar-refractivity contribution < 1.29 is 9.18 Å². The van der Waals surface area contributed by atoms with E-state index in [2.05, 4.69) is 44.8 Å². The summed E-state index contributed by atoms with van der Waals surface area (Å²) in [5, 5.41) is 6.00. The van der Waals surface area contributed by atoms with Crippen molar-refractivity contribution >= 4 is 17.4 Å². The van der Waals surface area contributed by atoms with Crippen molar-refractivity contribution in [1.29, 1.82) is 0 Å². The van der Waals surface area contributed by atoms with Gasteiger partial charge in [-0.3, -0.25) is 9.69 Å². The molecule has 0 saturated heterocycles. The van der Waals surface area contributed by atoms with E-state index in [4.69, 9.17) is 0 Å². The lowest BCUT2D eigenvalue weighted by atomic mass is 10.00. The zero-order chi connectivity index (χ0) is 20.1. The zero-order valence-corrected chi connectivity index (χ0v) is 16.1. The summed E-state index contributed by atoms with van der Waals surface area (Å²) in [6.45, 7) is 3.24. The molecule has 1 amide bonds. The fourth-order valence-electron chi connectivity index (χ4n) is 3.56. The van der Waals surface area contributed by atoms with Crippen LogP contribution in [0.3, 0.4) is 0 Å². The van der Waals surface area contributed by atoms with E-state index < -0.39 is 0 Å². The fourth-order valence-corrected chi connectivity index (χ4v) is 3.56. The van der Waals surface area contributed by atoms with Gasteiger partial charge in [-0.2, -0.15) is 0 Å². The van der Waals surface area contributed by atoms with Crippen LogP contribution in [-0.2, 0) is 13.0 Å². The Labute approximate surface area is 169 Å². The first kappa shape index (κ1) is 19.1. The second-order valence-electron chi connectivity index (χ2n) is 7.09. The average Bonchev–Trinajstić information content (AvgIpc) is 2.74. The van der Waals surface area contributed by atoms with Crippen LogP contribution in [0.4, 0.5) is 15.9 Å². The summed E-state index contributed by atoms with van der Waals surface area (Å²) in [6.07, 6.45) is 2.64. The molecule has 1 aliphatic heterocycles. The van der Waals surface area contributed by atoms with Crippen LogP contribution < -0.4 is 10.6 Å². The van der Waals surface area contributed by atoms with Crippen molar-refractivity contribution in [2.45, 2.75) is 13.0 Å². The van der Waals surface area contributed by atoms with E-state index in [1.54, 1.807) is 30.5 Å². The molecule has 0 aliphatic carbocycles. The third-order valence-corrected chi connectivity index (χ3v) is 5.06. The highest BCUT2D eigenvalue weighted by molar-refractivity contribution is 5.99. The molecule has 0 atom stereocenters. The lowest BCUT2D eigenvalue weighted by molar-refractivity contribution is 0.0948. The quantitative estimate of drug-likeness (QED) is 0.673. The van der Waals surface area contributed by atoms with Crippen molar-refractivity contribution in [2.24, 2.45) is 0 Å². The molecular weight excluding hydrogens is 367 g/mol. The van der Waals surface area contributed by atoms with Gasteiger partial charge in [-0.15, -0.1) is 0 Å². The summed E-state index contributed by atoms with van der Waals surface area (Å²) in [7, 11) is 0. The van der Waals surface area contributed by atoms with E-state index >= 15 is 0 Å². The Balaban J connectivity index is 1.34. The van der Waals surface area contributed by atoms with Crippen LogP contribution in [0.1, 0.15) is 21.5 Å². The molecule has 0 radical (unpaired) electrons. The number of nitrogens with zero attached hydrogens (tertiary/aromatic N) is 2. The van der Waals surface area contributed by atoms with Crippen LogP contribution in [0.5, 0.6) is 0 Å². The summed E-state index contributed by atoms with van der Waals surface area (Å²) in [5.74, 6) is -0.142. The monoisotopic (exact) mass is 390 g/mol. The number of fused-ring (bicyclic) bond motifs is 1. The fraction of sp³-hybridized carbons (Fsp3) is 0.217. The number of rotatable bonds is 6. The molecule has 4 rings (SSSR count). The number of carbonyl (C=O) groups is 1. The Hall–Kier alpha value is -3.25. The van der Waals surface area contributed by atoms with Gasteiger partial charge in [-0.05, 0) is 47.9 Å². The highest BCUT2D eigenvalue weighted by Gasteiger charge is 2.16. The van der Waals surface area contributed by atoms with Gasteiger partial charge >= 0.3 is 0 Å². The Morgan fingerprint density at radius 1 is 1.07 bits per heavy atom. The van der Waals surface area contributed by atoms with Crippen LogP contribution in [0.2, 0.25) is 0 Å². The predicted octanol–water partition coefficient (Wildman–Crippen LogP) is 3.75. The molecule has 1 aliphatic rings. The van der Waals surface area contributed by atoms with Crippen molar-refractivity contribution in [3.05, 3.63) is 89.4 Å². The maximum absolute atomic E-state index is 13.4. The summed E-state index contributed by atoms with van der Waals surface area (Å²) >= 11 is 0. The van der Waals surface area contributed by atoms with Gasteiger partial charge in [0.1, 0.15) is 11.6 Å². The molecule has 3 aromatic rings. The molecule has 2 N–H and O–H groups in total. The molecule has 0 bridgehead atoms. The maximum Gasteiger partial charge on any atom is 0.255 e. The van der Waals surface area contributed by atoms with Crippen LogP contribution in [-0.4, -0.2) is 35.4 Å². The van der Waals surface area contributed by atoms with Gasteiger partial charge in [-0.1, -0.05) is 30.3 Å². The maximum atomic E-state index is 13.4. The van der Waals surface area contributed by atoms with E-state index in [-0.39, 0.29) is 11.7 Å². The summed E-state index contributed by atoms with van der Waals surface area (Å²) in [6, 6.07) is 18.0. The van der Waals surface area contributed by atoms with Gasteiger partial charge in [0.25, 0.3) is 5.91 Å². The molecular formula is C23H23FN4O. The Bertz CT molecular complexity index is 1010. The number of amides is 1. The molecule has 0 unspecified atom stereocenters. The molecule has 0 fully saturated rings. The van der Waals surface area contributed by atoms with Crippen molar-refractivity contribution in [3.8, 4) is 0 Å². The Morgan fingerprint density at radius 2 is 1.93 bits per heavy atom. The highest BCUT2D eigenvalue weighted by Crippen LogP contribution is 2.20. The van der Waals surface area contributed by atoms with E-state index in [1.165, 1.54) is 23.3 Å². The largest absolute Gasteiger partial charge is 0.351 e. The van der Waals surface area contributed by atoms with Gasteiger partial charge in [0.15, 0.2) is 0 Å². The van der Waals surface area contributed by atoms with Crippen molar-refractivity contribution in [2.75, 3.05) is 25.0 Å². The van der Waals surface area contributed by atoms with E-state index in [1.807, 2.05) is 0 Å². The SMILES string of the molecule is O=C(NCCN1CCc2ccccc2C1)c1cccnc1Nc1cccc(F)c1. The lowest BCUT2D eigenvalue weighted by Crippen LogP contribution is -2.38. The minimum atomic E-state index is -0.347. The highest BCUT2D eigenvalue weighted by atomic mass is 19.1. The number of anilines is 2. The first-order valence-corrected chi connectivity index (χ1v) is 9.74. The summed E-state index contributed by atoms with van der Waals surface area (Å²) in [5.41, 5.74) is 3.75.